The smallest absolute Gasteiger partial charge is 0.304 e. The highest BCUT2D eigenvalue weighted by molar-refractivity contribution is 7.09. The Morgan fingerprint density at radius 3 is 2.64 bits per heavy atom. The maximum absolute atomic E-state index is 14.7. The number of aryl methyl sites for hydroxylation is 3. The lowest BCUT2D eigenvalue weighted by atomic mass is 9.95. The van der Waals surface area contributed by atoms with Crippen molar-refractivity contribution in [2.45, 2.75) is 50.9 Å². The summed E-state index contributed by atoms with van der Waals surface area (Å²) in [6.07, 6.45) is 5.61. The fourth-order valence-corrected chi connectivity index (χ4v) is 5.38. The van der Waals surface area contributed by atoms with Crippen LogP contribution in [0.4, 0.5) is 10.2 Å². The van der Waals surface area contributed by atoms with Crippen LogP contribution in [0, 0.1) is 5.82 Å². The minimum Gasteiger partial charge on any atom is -0.481 e. The van der Waals surface area contributed by atoms with E-state index >= 15 is 0 Å². The molecule has 1 amide bonds. The van der Waals surface area contributed by atoms with Crippen LogP contribution in [0.15, 0.2) is 35.7 Å². The number of aromatic nitrogens is 2. The molecule has 0 bridgehead atoms. The lowest BCUT2D eigenvalue weighted by Crippen LogP contribution is -2.23. The van der Waals surface area contributed by atoms with E-state index in [1.165, 1.54) is 33.9 Å². The molecule has 1 aliphatic heterocycles. The van der Waals surface area contributed by atoms with Crippen molar-refractivity contribution in [3.05, 3.63) is 74.6 Å². The van der Waals surface area contributed by atoms with E-state index in [9.17, 15) is 19.1 Å². The molecule has 4 rings (SSSR count). The molecule has 2 N–H and O–H groups in total. The molecule has 0 radical (unpaired) electrons. The quantitative estimate of drug-likeness (QED) is 0.377. The molecule has 1 aliphatic rings. The van der Waals surface area contributed by atoms with Crippen molar-refractivity contribution in [1.29, 1.82) is 0 Å². The molecular weight excluding hydrogens is 479 g/mol. The molecule has 0 saturated heterocycles. The first kappa shape index (κ1) is 25.8. The SMILES string of the molecule is CN(C)C(=O)c1ccc([C@@H](CC(=O)O)c2nc(CCCCc3ccc4c(n3)NCCC4)cs2)cc1F. The van der Waals surface area contributed by atoms with Crippen LogP contribution in [-0.2, 0) is 24.1 Å². The summed E-state index contributed by atoms with van der Waals surface area (Å²) in [5, 5.41) is 15.4. The molecule has 2 aromatic heterocycles. The number of carboxylic acids is 1. The van der Waals surface area contributed by atoms with Crippen LogP contribution in [-0.4, -0.2) is 52.5 Å². The summed E-state index contributed by atoms with van der Waals surface area (Å²) in [5.74, 6) is -1.65. The number of carboxylic acid groups (broad SMARTS) is 1. The van der Waals surface area contributed by atoms with Crippen molar-refractivity contribution in [3.8, 4) is 0 Å². The minimum absolute atomic E-state index is 0.0400. The number of rotatable bonds is 10. The summed E-state index contributed by atoms with van der Waals surface area (Å²) in [4.78, 5) is 34.4. The van der Waals surface area contributed by atoms with Crippen molar-refractivity contribution in [3.63, 3.8) is 0 Å². The van der Waals surface area contributed by atoms with E-state index in [2.05, 4.69) is 22.4 Å². The number of nitrogens with one attached hydrogen (secondary N) is 1. The zero-order valence-corrected chi connectivity index (χ0v) is 21.4. The zero-order valence-electron chi connectivity index (χ0n) is 20.6. The molecule has 0 spiro atoms. The Morgan fingerprint density at radius 2 is 1.92 bits per heavy atom. The highest BCUT2D eigenvalue weighted by Crippen LogP contribution is 2.32. The second kappa shape index (κ2) is 11.6. The molecule has 3 heterocycles. The van der Waals surface area contributed by atoms with E-state index in [4.69, 9.17) is 4.98 Å². The summed E-state index contributed by atoms with van der Waals surface area (Å²) in [5.41, 5.74) is 3.74. The number of carbonyl (C=O) groups excluding carboxylic acids is 1. The van der Waals surface area contributed by atoms with Crippen LogP contribution in [0.1, 0.15) is 69.5 Å². The normalized spacial score (nSPS) is 13.5. The third kappa shape index (κ3) is 6.26. The summed E-state index contributed by atoms with van der Waals surface area (Å²) < 4.78 is 14.7. The first-order valence-electron chi connectivity index (χ1n) is 12.2. The summed E-state index contributed by atoms with van der Waals surface area (Å²) >= 11 is 1.39. The van der Waals surface area contributed by atoms with Gasteiger partial charge in [0, 0.05) is 37.6 Å². The Hall–Kier alpha value is -3.33. The number of fused-ring (bicyclic) bond motifs is 1. The summed E-state index contributed by atoms with van der Waals surface area (Å²) in [6, 6.07) is 8.58. The summed E-state index contributed by atoms with van der Waals surface area (Å²) in [7, 11) is 3.11. The van der Waals surface area contributed by atoms with E-state index in [0.717, 1.165) is 62.3 Å². The van der Waals surface area contributed by atoms with Crippen LogP contribution in [0.25, 0.3) is 0 Å². The second-order valence-electron chi connectivity index (χ2n) is 9.31. The fraction of sp³-hybridized carbons (Fsp3) is 0.407. The number of unbranched alkanes of at least 4 members (excludes halogenated alkanes) is 1. The maximum atomic E-state index is 14.7. The number of anilines is 1. The molecule has 190 valence electrons. The minimum atomic E-state index is -0.988. The summed E-state index contributed by atoms with van der Waals surface area (Å²) in [6.45, 7) is 0.976. The number of pyridine rings is 1. The van der Waals surface area contributed by atoms with Crippen LogP contribution in [0.5, 0.6) is 0 Å². The highest BCUT2D eigenvalue weighted by Gasteiger charge is 2.24. The van der Waals surface area contributed by atoms with Crippen molar-refractivity contribution in [2.24, 2.45) is 0 Å². The second-order valence-corrected chi connectivity index (χ2v) is 10.2. The van der Waals surface area contributed by atoms with Crippen molar-refractivity contribution in [2.75, 3.05) is 26.0 Å². The van der Waals surface area contributed by atoms with Gasteiger partial charge in [0.25, 0.3) is 5.91 Å². The predicted octanol–water partition coefficient (Wildman–Crippen LogP) is 4.91. The average molecular weight is 511 g/mol. The van der Waals surface area contributed by atoms with E-state index in [1.807, 2.05) is 5.38 Å². The predicted molar refractivity (Wildman–Crippen MR) is 138 cm³/mol. The number of halogens is 1. The average Bonchev–Trinajstić information content (AvgIpc) is 3.33. The molecule has 0 aliphatic carbocycles. The highest BCUT2D eigenvalue weighted by atomic mass is 32.1. The molecule has 3 aromatic rings. The lowest BCUT2D eigenvalue weighted by molar-refractivity contribution is -0.137. The van der Waals surface area contributed by atoms with Gasteiger partial charge in [0.05, 0.1) is 17.7 Å². The molecular formula is C27H31FN4O3S. The van der Waals surface area contributed by atoms with Crippen molar-refractivity contribution in [1.82, 2.24) is 14.9 Å². The van der Waals surface area contributed by atoms with Gasteiger partial charge in [0.2, 0.25) is 0 Å². The maximum Gasteiger partial charge on any atom is 0.304 e. The Morgan fingerprint density at radius 1 is 1.14 bits per heavy atom. The zero-order chi connectivity index (χ0) is 25.7. The molecule has 1 aromatic carbocycles. The van der Waals surface area contributed by atoms with Crippen molar-refractivity contribution < 1.29 is 19.1 Å². The molecule has 0 fully saturated rings. The van der Waals surface area contributed by atoms with Gasteiger partial charge in [-0.05, 0) is 67.9 Å². The Balaban J connectivity index is 1.39. The van der Waals surface area contributed by atoms with Gasteiger partial charge in [-0.3, -0.25) is 9.59 Å². The third-order valence-corrected chi connectivity index (χ3v) is 7.35. The number of hydrogen-bond acceptors (Lipinski definition) is 6. The molecule has 0 saturated carbocycles. The van der Waals surface area contributed by atoms with Gasteiger partial charge in [-0.2, -0.15) is 0 Å². The number of nitrogens with zero attached hydrogens (tertiary/aromatic N) is 3. The number of thiazole rings is 1. The van der Waals surface area contributed by atoms with Gasteiger partial charge in [0.15, 0.2) is 0 Å². The van der Waals surface area contributed by atoms with E-state index < -0.39 is 23.6 Å². The van der Waals surface area contributed by atoms with E-state index in [-0.39, 0.29) is 12.0 Å². The van der Waals surface area contributed by atoms with E-state index in [1.54, 1.807) is 20.2 Å². The van der Waals surface area contributed by atoms with Crippen molar-refractivity contribution >= 4 is 29.0 Å². The fourth-order valence-electron chi connectivity index (χ4n) is 4.40. The van der Waals surface area contributed by atoms with Gasteiger partial charge in [-0.1, -0.05) is 12.1 Å². The largest absolute Gasteiger partial charge is 0.481 e. The monoisotopic (exact) mass is 510 g/mol. The van der Waals surface area contributed by atoms with Crippen LogP contribution < -0.4 is 5.32 Å². The molecule has 1 atom stereocenters. The first-order chi connectivity index (χ1) is 17.3. The topological polar surface area (TPSA) is 95.4 Å². The van der Waals surface area contributed by atoms with Gasteiger partial charge in [0.1, 0.15) is 16.6 Å². The Bertz CT molecular complexity index is 1240. The first-order valence-corrected chi connectivity index (χ1v) is 13.1. The van der Waals surface area contributed by atoms with Gasteiger partial charge in [-0.25, -0.2) is 14.4 Å². The van der Waals surface area contributed by atoms with E-state index in [0.29, 0.717) is 10.6 Å². The van der Waals surface area contributed by atoms with Crippen LogP contribution >= 0.6 is 11.3 Å². The van der Waals surface area contributed by atoms with Gasteiger partial charge >= 0.3 is 5.97 Å². The number of hydrogen-bond donors (Lipinski definition) is 2. The van der Waals surface area contributed by atoms with Gasteiger partial charge < -0.3 is 15.3 Å². The standard InChI is InChI=1S/C27H31FN4O3S/c1-32(2)27(35)21-12-10-18(14-23(21)28)22(15-24(33)34)26-31-20(16-36-26)8-4-3-7-19-11-9-17-6-5-13-29-25(17)30-19/h9-12,14,16,22H,3-8,13,15H2,1-2H3,(H,29,30)(H,33,34)/t22-/m1/s1. The number of benzene rings is 1. The Kier molecular flexibility index (Phi) is 8.30. The number of amides is 1. The molecule has 36 heavy (non-hydrogen) atoms. The molecule has 0 unspecified atom stereocenters. The van der Waals surface area contributed by atoms with Crippen LogP contribution in [0.2, 0.25) is 0 Å². The molecule has 9 heteroatoms. The lowest BCUT2D eigenvalue weighted by Gasteiger charge is -2.17. The number of aliphatic carboxylic acids is 1. The molecule has 7 nitrogen and oxygen atoms in total. The Labute approximate surface area is 214 Å². The third-order valence-electron chi connectivity index (χ3n) is 6.35. The van der Waals surface area contributed by atoms with Gasteiger partial charge in [-0.15, -0.1) is 11.3 Å². The number of carbonyl (C=O) groups is 2. The van der Waals surface area contributed by atoms with Crippen LogP contribution in [0.3, 0.4) is 0 Å².